The summed E-state index contributed by atoms with van der Waals surface area (Å²) in [5.74, 6) is 0.727. The number of aromatic nitrogens is 5. The van der Waals surface area contributed by atoms with E-state index in [0.29, 0.717) is 12.1 Å². The van der Waals surface area contributed by atoms with Crippen LogP contribution in [0.3, 0.4) is 0 Å². The maximum Gasteiger partial charge on any atom is 0.251 e. The molecule has 4 aromatic rings. The van der Waals surface area contributed by atoms with Crippen molar-refractivity contribution in [3.8, 4) is 17.0 Å². The van der Waals surface area contributed by atoms with E-state index in [4.69, 9.17) is 9.84 Å². The molecule has 1 aliphatic carbocycles. The number of aryl methyl sites for hydroxylation is 1. The molecule has 1 saturated carbocycles. The van der Waals surface area contributed by atoms with Crippen LogP contribution in [-0.4, -0.2) is 49.6 Å². The average Bonchev–Trinajstić information content (AvgIpc) is 3.49. The number of rotatable bonds is 8. The molecule has 0 bridgehead atoms. The van der Waals surface area contributed by atoms with E-state index in [1.807, 2.05) is 71.7 Å². The van der Waals surface area contributed by atoms with Crippen LogP contribution in [-0.2, 0) is 13.6 Å². The molecule has 1 aliphatic rings. The highest BCUT2D eigenvalue weighted by Crippen LogP contribution is 2.36. The van der Waals surface area contributed by atoms with Crippen molar-refractivity contribution in [2.45, 2.75) is 71.2 Å². The van der Waals surface area contributed by atoms with Crippen molar-refractivity contribution < 1.29 is 9.53 Å². The van der Waals surface area contributed by atoms with Crippen molar-refractivity contribution in [2.24, 2.45) is 7.05 Å². The van der Waals surface area contributed by atoms with Crippen LogP contribution in [0.15, 0.2) is 42.9 Å². The Morgan fingerprint density at radius 1 is 1.18 bits per heavy atom. The summed E-state index contributed by atoms with van der Waals surface area (Å²) in [7, 11) is 3.85. The Labute approximate surface area is 223 Å². The van der Waals surface area contributed by atoms with Crippen LogP contribution in [0.25, 0.3) is 22.2 Å². The third kappa shape index (κ3) is 5.29. The van der Waals surface area contributed by atoms with Crippen LogP contribution in [0.5, 0.6) is 5.75 Å². The summed E-state index contributed by atoms with van der Waals surface area (Å²) in [5.41, 5.74) is 5.56. The largest absolute Gasteiger partial charge is 0.490 e. The number of nitrogens with one attached hydrogen (secondary N) is 2. The fourth-order valence-corrected chi connectivity index (χ4v) is 5.30. The molecule has 1 aromatic carbocycles. The number of pyridine rings is 1. The Balaban J connectivity index is 1.35. The first-order valence-electron chi connectivity index (χ1n) is 13.4. The normalized spacial score (nSPS) is 17.7. The van der Waals surface area contributed by atoms with Gasteiger partial charge in [-0.1, -0.05) is 6.07 Å². The second kappa shape index (κ2) is 10.9. The zero-order chi connectivity index (χ0) is 26.8. The zero-order valence-corrected chi connectivity index (χ0v) is 22.9. The third-order valence-electron chi connectivity index (χ3n) is 7.22. The van der Waals surface area contributed by atoms with E-state index in [2.05, 4.69) is 31.5 Å². The van der Waals surface area contributed by atoms with Gasteiger partial charge >= 0.3 is 0 Å². The molecule has 0 radical (unpaired) electrons. The molecular weight excluding hydrogens is 478 g/mol. The first-order chi connectivity index (χ1) is 18.3. The first kappa shape index (κ1) is 25.9. The maximum absolute atomic E-state index is 12.6. The molecule has 9 nitrogen and oxygen atoms in total. The standard InChI is InChI=1S/C29H37N7O2/c1-18(2)33-29(37)24-7-6-8-27(19(24)3)38-23-11-9-22(10-12-23)36-26-13-21(15-30-4)31-16-25(26)28(34-36)20-14-32-35(5)17-20/h6-8,13-14,16-18,22-23,30H,9-12,15H2,1-5H3,(H,33,37). The quantitative estimate of drug-likeness (QED) is 0.357. The van der Waals surface area contributed by atoms with E-state index < -0.39 is 0 Å². The van der Waals surface area contributed by atoms with Crippen LogP contribution < -0.4 is 15.4 Å². The molecule has 3 aromatic heterocycles. The van der Waals surface area contributed by atoms with Gasteiger partial charge in [-0.15, -0.1) is 0 Å². The van der Waals surface area contributed by atoms with Gasteiger partial charge in [0.1, 0.15) is 11.4 Å². The topological polar surface area (TPSA) is 98.9 Å². The lowest BCUT2D eigenvalue weighted by atomic mass is 9.92. The van der Waals surface area contributed by atoms with Crippen LogP contribution in [0.1, 0.15) is 67.2 Å². The van der Waals surface area contributed by atoms with E-state index in [9.17, 15) is 4.79 Å². The maximum atomic E-state index is 12.6. The molecule has 1 fully saturated rings. The number of hydrogen-bond acceptors (Lipinski definition) is 6. The van der Waals surface area contributed by atoms with Crippen molar-refractivity contribution in [1.29, 1.82) is 0 Å². The SMILES string of the molecule is CNCc1cc2c(cn1)c(-c1cnn(C)c1)nn2C1CCC(Oc2cccc(C(=O)NC(C)C)c2C)CC1. The second-order valence-electron chi connectivity index (χ2n) is 10.5. The minimum absolute atomic E-state index is 0.0613. The minimum Gasteiger partial charge on any atom is -0.490 e. The van der Waals surface area contributed by atoms with E-state index in [1.54, 1.807) is 4.68 Å². The number of nitrogens with zero attached hydrogens (tertiary/aromatic N) is 5. The monoisotopic (exact) mass is 515 g/mol. The first-order valence-corrected chi connectivity index (χ1v) is 13.4. The Hall–Kier alpha value is -3.72. The number of benzene rings is 1. The lowest BCUT2D eigenvalue weighted by Gasteiger charge is -2.30. The highest BCUT2D eigenvalue weighted by molar-refractivity contribution is 5.96. The number of ether oxygens (including phenoxy) is 1. The van der Waals surface area contributed by atoms with Crippen molar-refractivity contribution >= 4 is 16.8 Å². The Bertz CT molecular complexity index is 1430. The van der Waals surface area contributed by atoms with Gasteiger partial charge in [0.2, 0.25) is 0 Å². The van der Waals surface area contributed by atoms with Gasteiger partial charge in [-0.05, 0) is 71.7 Å². The van der Waals surface area contributed by atoms with Crippen LogP contribution in [0.2, 0.25) is 0 Å². The molecule has 0 aliphatic heterocycles. The van der Waals surface area contributed by atoms with Gasteiger partial charge in [-0.2, -0.15) is 10.2 Å². The highest BCUT2D eigenvalue weighted by Gasteiger charge is 2.27. The molecule has 38 heavy (non-hydrogen) atoms. The molecule has 0 unspecified atom stereocenters. The van der Waals surface area contributed by atoms with Crippen molar-refractivity contribution in [3.63, 3.8) is 0 Å². The number of carbonyl (C=O) groups excluding carboxylic acids is 1. The van der Waals surface area contributed by atoms with Gasteiger partial charge in [-0.3, -0.25) is 19.1 Å². The van der Waals surface area contributed by atoms with E-state index in [-0.39, 0.29) is 24.1 Å². The summed E-state index contributed by atoms with van der Waals surface area (Å²) in [5, 5.41) is 16.7. The summed E-state index contributed by atoms with van der Waals surface area (Å²) >= 11 is 0. The van der Waals surface area contributed by atoms with Crippen molar-refractivity contribution in [2.75, 3.05) is 7.05 Å². The molecule has 200 valence electrons. The van der Waals surface area contributed by atoms with E-state index in [0.717, 1.165) is 64.9 Å². The third-order valence-corrected chi connectivity index (χ3v) is 7.22. The lowest BCUT2D eigenvalue weighted by Crippen LogP contribution is -2.31. The van der Waals surface area contributed by atoms with Crippen LogP contribution in [0.4, 0.5) is 0 Å². The van der Waals surface area contributed by atoms with Crippen molar-refractivity contribution in [1.82, 2.24) is 35.2 Å². The van der Waals surface area contributed by atoms with Gasteiger partial charge < -0.3 is 15.4 Å². The summed E-state index contributed by atoms with van der Waals surface area (Å²) < 4.78 is 10.4. The molecule has 0 atom stereocenters. The summed E-state index contributed by atoms with van der Waals surface area (Å²) in [4.78, 5) is 17.3. The molecular formula is C29H37N7O2. The van der Waals surface area contributed by atoms with Gasteiger partial charge in [0.25, 0.3) is 5.91 Å². The Morgan fingerprint density at radius 3 is 2.66 bits per heavy atom. The molecule has 0 spiro atoms. The average molecular weight is 516 g/mol. The van der Waals surface area contributed by atoms with E-state index in [1.165, 1.54) is 0 Å². The smallest absolute Gasteiger partial charge is 0.251 e. The molecule has 0 saturated heterocycles. The second-order valence-corrected chi connectivity index (χ2v) is 10.5. The number of amides is 1. The Kier molecular flexibility index (Phi) is 7.46. The molecule has 3 heterocycles. The molecule has 1 amide bonds. The predicted molar refractivity (Wildman–Crippen MR) is 148 cm³/mol. The minimum atomic E-state index is -0.0613. The van der Waals surface area contributed by atoms with Gasteiger partial charge in [0, 0.05) is 54.1 Å². The Morgan fingerprint density at radius 2 is 1.97 bits per heavy atom. The van der Waals surface area contributed by atoms with Crippen molar-refractivity contribution in [3.05, 3.63) is 59.7 Å². The fraction of sp³-hybridized carbons (Fsp3) is 0.448. The van der Waals surface area contributed by atoms with Crippen LogP contribution in [0, 0.1) is 6.92 Å². The fourth-order valence-electron chi connectivity index (χ4n) is 5.30. The number of carbonyl (C=O) groups is 1. The van der Waals surface area contributed by atoms with E-state index >= 15 is 0 Å². The zero-order valence-electron chi connectivity index (χ0n) is 22.9. The summed E-state index contributed by atoms with van der Waals surface area (Å²) in [6.07, 6.45) is 9.67. The number of fused-ring (bicyclic) bond motifs is 1. The highest BCUT2D eigenvalue weighted by atomic mass is 16.5. The van der Waals surface area contributed by atoms with Gasteiger partial charge in [-0.25, -0.2) is 0 Å². The summed E-state index contributed by atoms with van der Waals surface area (Å²) in [6.45, 7) is 6.60. The molecule has 9 heteroatoms. The molecule has 5 rings (SSSR count). The van der Waals surface area contributed by atoms with Gasteiger partial charge in [0.05, 0.1) is 29.6 Å². The number of hydrogen-bond donors (Lipinski definition) is 2. The van der Waals surface area contributed by atoms with Crippen LogP contribution >= 0.6 is 0 Å². The summed E-state index contributed by atoms with van der Waals surface area (Å²) in [6, 6.07) is 8.23. The predicted octanol–water partition coefficient (Wildman–Crippen LogP) is 4.56. The van der Waals surface area contributed by atoms with Gasteiger partial charge in [0.15, 0.2) is 0 Å². The molecule has 2 N–H and O–H groups in total. The lowest BCUT2D eigenvalue weighted by molar-refractivity contribution is 0.0940.